The minimum Gasteiger partial charge on any atom is -0.480 e. The minimum absolute atomic E-state index is 0.279. The fraction of sp³-hybridized carbons (Fsp3) is 0.154. The van der Waals surface area contributed by atoms with E-state index in [1.807, 2.05) is 16.0 Å². The SMILES string of the molecule is COc1nc2sccn2c1CNc1c(F)cccc1Cl. The molecule has 1 aromatic carbocycles. The molecule has 0 saturated carbocycles. The summed E-state index contributed by atoms with van der Waals surface area (Å²) in [6.07, 6.45) is 1.90. The first-order valence-corrected chi connectivity index (χ1v) is 7.12. The average Bonchev–Trinajstić information content (AvgIpc) is 2.99. The summed E-state index contributed by atoms with van der Waals surface area (Å²) >= 11 is 7.50. The van der Waals surface area contributed by atoms with Crippen LogP contribution in [-0.4, -0.2) is 16.5 Å². The maximum Gasteiger partial charge on any atom is 0.238 e. The summed E-state index contributed by atoms with van der Waals surface area (Å²) in [6.45, 7) is 0.363. The summed E-state index contributed by atoms with van der Waals surface area (Å²) in [4.78, 5) is 5.17. The third kappa shape index (κ3) is 2.21. The zero-order valence-electron chi connectivity index (χ0n) is 10.6. The molecular formula is C13H11ClFN3OS. The van der Waals surface area contributed by atoms with Crippen LogP contribution in [0.1, 0.15) is 5.69 Å². The predicted molar refractivity (Wildman–Crippen MR) is 78.4 cm³/mol. The van der Waals surface area contributed by atoms with Gasteiger partial charge in [-0.15, -0.1) is 11.3 Å². The van der Waals surface area contributed by atoms with Crippen LogP contribution < -0.4 is 10.1 Å². The summed E-state index contributed by atoms with van der Waals surface area (Å²) in [5.41, 5.74) is 1.10. The van der Waals surface area contributed by atoms with Crippen molar-refractivity contribution in [1.82, 2.24) is 9.38 Å². The van der Waals surface area contributed by atoms with Gasteiger partial charge in [0.1, 0.15) is 11.5 Å². The van der Waals surface area contributed by atoms with E-state index in [1.54, 1.807) is 19.2 Å². The van der Waals surface area contributed by atoms with Crippen molar-refractivity contribution in [2.45, 2.75) is 6.54 Å². The van der Waals surface area contributed by atoms with Gasteiger partial charge in [0.25, 0.3) is 0 Å². The largest absolute Gasteiger partial charge is 0.480 e. The van der Waals surface area contributed by atoms with Crippen molar-refractivity contribution in [2.24, 2.45) is 0 Å². The highest BCUT2D eigenvalue weighted by Gasteiger charge is 2.14. The summed E-state index contributed by atoms with van der Waals surface area (Å²) in [5.74, 6) is 0.138. The lowest BCUT2D eigenvalue weighted by atomic mass is 10.3. The number of hydrogen-bond donors (Lipinski definition) is 1. The van der Waals surface area contributed by atoms with E-state index in [0.717, 1.165) is 10.7 Å². The quantitative estimate of drug-likeness (QED) is 0.796. The number of nitrogens with one attached hydrogen (secondary N) is 1. The Labute approximate surface area is 123 Å². The first kappa shape index (κ1) is 13.2. The fourth-order valence-corrected chi connectivity index (χ4v) is 2.93. The number of ether oxygens (including phenoxy) is 1. The van der Waals surface area contributed by atoms with E-state index in [9.17, 15) is 4.39 Å². The molecule has 0 fully saturated rings. The lowest BCUT2D eigenvalue weighted by Gasteiger charge is -2.09. The number of rotatable bonds is 4. The van der Waals surface area contributed by atoms with Gasteiger partial charge in [-0.05, 0) is 12.1 Å². The number of para-hydroxylation sites is 1. The molecule has 2 heterocycles. The van der Waals surface area contributed by atoms with Crippen molar-refractivity contribution < 1.29 is 9.13 Å². The van der Waals surface area contributed by atoms with E-state index in [-0.39, 0.29) is 11.5 Å². The minimum atomic E-state index is -0.387. The molecule has 1 N–H and O–H groups in total. The number of methoxy groups -OCH3 is 1. The molecule has 3 rings (SSSR count). The Hall–Kier alpha value is -1.79. The zero-order chi connectivity index (χ0) is 14.1. The van der Waals surface area contributed by atoms with Crippen LogP contribution >= 0.6 is 22.9 Å². The molecule has 0 aliphatic rings. The van der Waals surface area contributed by atoms with Gasteiger partial charge in [-0.25, -0.2) is 4.39 Å². The molecule has 0 bridgehead atoms. The lowest BCUT2D eigenvalue weighted by molar-refractivity contribution is 0.395. The van der Waals surface area contributed by atoms with Gasteiger partial charge in [-0.3, -0.25) is 4.40 Å². The second-order valence-corrected chi connectivity index (χ2v) is 5.35. The summed E-state index contributed by atoms with van der Waals surface area (Å²) in [5, 5.41) is 5.27. The molecule has 0 saturated heterocycles. The van der Waals surface area contributed by atoms with Gasteiger partial charge in [0.15, 0.2) is 4.96 Å². The Morgan fingerprint density at radius 3 is 3.10 bits per heavy atom. The first-order valence-electron chi connectivity index (χ1n) is 5.87. The Kier molecular flexibility index (Phi) is 3.50. The van der Waals surface area contributed by atoms with E-state index in [4.69, 9.17) is 16.3 Å². The number of hydrogen-bond acceptors (Lipinski definition) is 4. The molecule has 0 aliphatic carbocycles. The van der Waals surface area contributed by atoms with Crippen LogP contribution in [-0.2, 0) is 6.54 Å². The normalized spacial score (nSPS) is 10.9. The summed E-state index contributed by atoms with van der Waals surface area (Å²) in [6, 6.07) is 4.57. The predicted octanol–water partition coefficient (Wildman–Crippen LogP) is 3.81. The molecule has 4 nitrogen and oxygen atoms in total. The molecule has 0 amide bonds. The van der Waals surface area contributed by atoms with Crippen LogP contribution in [0, 0.1) is 5.82 Å². The number of halogens is 2. The molecule has 0 unspecified atom stereocenters. The molecule has 0 atom stereocenters. The lowest BCUT2D eigenvalue weighted by Crippen LogP contribution is -2.05. The van der Waals surface area contributed by atoms with Crippen LogP contribution in [0.3, 0.4) is 0 Å². The summed E-state index contributed by atoms with van der Waals surface area (Å²) < 4.78 is 20.9. The number of benzene rings is 1. The molecule has 0 aliphatic heterocycles. The van der Waals surface area contributed by atoms with E-state index >= 15 is 0 Å². The molecular weight excluding hydrogens is 301 g/mol. The molecule has 0 spiro atoms. The van der Waals surface area contributed by atoms with Crippen molar-refractivity contribution in [3.8, 4) is 5.88 Å². The van der Waals surface area contributed by atoms with E-state index in [0.29, 0.717) is 17.4 Å². The molecule has 7 heteroatoms. The van der Waals surface area contributed by atoms with Crippen molar-refractivity contribution in [2.75, 3.05) is 12.4 Å². The van der Waals surface area contributed by atoms with Crippen LogP contribution in [0.25, 0.3) is 4.96 Å². The van der Waals surface area contributed by atoms with Crippen LogP contribution in [0.2, 0.25) is 5.02 Å². The van der Waals surface area contributed by atoms with Gasteiger partial charge >= 0.3 is 0 Å². The van der Waals surface area contributed by atoms with Crippen molar-refractivity contribution in [3.63, 3.8) is 0 Å². The smallest absolute Gasteiger partial charge is 0.238 e. The number of anilines is 1. The third-order valence-corrected chi connectivity index (χ3v) is 3.98. The van der Waals surface area contributed by atoms with Crippen molar-refractivity contribution >= 4 is 33.6 Å². The Bertz CT molecular complexity index is 735. The second kappa shape index (κ2) is 5.30. The maximum atomic E-state index is 13.7. The number of fused-ring (bicyclic) bond motifs is 1. The standard InChI is InChI=1S/C13H11ClFN3OS/c1-19-12-10(18-5-6-20-13(18)17-12)7-16-11-8(14)3-2-4-9(11)15/h2-6,16H,7H2,1H3. The summed E-state index contributed by atoms with van der Waals surface area (Å²) in [7, 11) is 1.56. The van der Waals surface area contributed by atoms with Gasteiger partial charge in [0.05, 0.1) is 24.4 Å². The Balaban J connectivity index is 1.92. The van der Waals surface area contributed by atoms with Gasteiger partial charge in [-0.1, -0.05) is 17.7 Å². The average molecular weight is 312 g/mol. The molecule has 104 valence electrons. The number of nitrogens with zero attached hydrogens (tertiary/aromatic N) is 2. The maximum absolute atomic E-state index is 13.7. The zero-order valence-corrected chi connectivity index (χ0v) is 12.1. The number of aromatic nitrogens is 2. The van der Waals surface area contributed by atoms with Gasteiger partial charge in [0, 0.05) is 11.6 Å². The topological polar surface area (TPSA) is 38.6 Å². The molecule has 2 aromatic heterocycles. The number of imidazole rings is 1. The van der Waals surface area contributed by atoms with E-state index in [1.165, 1.54) is 17.4 Å². The highest BCUT2D eigenvalue weighted by molar-refractivity contribution is 7.15. The van der Waals surface area contributed by atoms with Gasteiger partial charge in [-0.2, -0.15) is 4.98 Å². The third-order valence-electron chi connectivity index (χ3n) is 2.91. The Morgan fingerprint density at radius 1 is 1.50 bits per heavy atom. The second-order valence-electron chi connectivity index (χ2n) is 4.07. The monoisotopic (exact) mass is 311 g/mol. The highest BCUT2D eigenvalue weighted by atomic mass is 35.5. The molecule has 20 heavy (non-hydrogen) atoms. The van der Waals surface area contributed by atoms with E-state index < -0.39 is 0 Å². The Morgan fingerprint density at radius 2 is 2.35 bits per heavy atom. The van der Waals surface area contributed by atoms with Crippen molar-refractivity contribution in [3.05, 3.63) is 46.3 Å². The van der Waals surface area contributed by atoms with E-state index in [2.05, 4.69) is 10.3 Å². The first-order chi connectivity index (χ1) is 9.70. The fourth-order valence-electron chi connectivity index (χ4n) is 1.98. The van der Waals surface area contributed by atoms with Crippen LogP contribution in [0.15, 0.2) is 29.8 Å². The van der Waals surface area contributed by atoms with Gasteiger partial charge in [0.2, 0.25) is 5.88 Å². The number of thiazole rings is 1. The van der Waals surface area contributed by atoms with Crippen LogP contribution in [0.5, 0.6) is 5.88 Å². The highest BCUT2D eigenvalue weighted by Crippen LogP contribution is 2.28. The molecule has 0 radical (unpaired) electrons. The van der Waals surface area contributed by atoms with Gasteiger partial charge < -0.3 is 10.1 Å². The van der Waals surface area contributed by atoms with Crippen LogP contribution in [0.4, 0.5) is 10.1 Å². The van der Waals surface area contributed by atoms with Crippen molar-refractivity contribution in [1.29, 1.82) is 0 Å². The molecule has 3 aromatic rings.